The molecule has 1 aliphatic heterocycles. The van der Waals surface area contributed by atoms with Gasteiger partial charge in [-0.25, -0.2) is 0 Å². The van der Waals surface area contributed by atoms with Crippen LogP contribution in [-0.4, -0.2) is 34.1 Å². The van der Waals surface area contributed by atoms with Crippen LogP contribution in [0.5, 0.6) is 6.01 Å². The van der Waals surface area contributed by atoms with Crippen molar-refractivity contribution in [2.75, 3.05) is 18.0 Å². The van der Waals surface area contributed by atoms with Gasteiger partial charge in [0.2, 0.25) is 11.2 Å². The molecule has 0 N–H and O–H groups in total. The van der Waals surface area contributed by atoms with Crippen LogP contribution in [0.25, 0.3) is 0 Å². The van der Waals surface area contributed by atoms with Crippen molar-refractivity contribution >= 4 is 17.5 Å². The fourth-order valence-electron chi connectivity index (χ4n) is 3.19. The van der Waals surface area contributed by atoms with Gasteiger partial charge in [0, 0.05) is 13.1 Å². The van der Waals surface area contributed by atoms with Gasteiger partial charge in [-0.2, -0.15) is 15.0 Å². The van der Waals surface area contributed by atoms with Gasteiger partial charge in [-0.05, 0) is 55.5 Å². The lowest BCUT2D eigenvalue weighted by molar-refractivity contribution is 0.0918. The molecule has 2 aliphatic rings. The Morgan fingerprint density at radius 1 is 1.05 bits per heavy atom. The molecule has 0 radical (unpaired) electrons. The minimum atomic E-state index is 0.195. The first-order valence-corrected chi connectivity index (χ1v) is 8.33. The zero-order valence-electron chi connectivity index (χ0n) is 12.8. The minimum absolute atomic E-state index is 0.195. The van der Waals surface area contributed by atoms with Crippen molar-refractivity contribution in [3.63, 3.8) is 0 Å². The molecule has 6 heteroatoms. The minimum Gasteiger partial charge on any atom is -0.460 e. The van der Waals surface area contributed by atoms with Crippen molar-refractivity contribution in [3.05, 3.63) is 5.28 Å². The van der Waals surface area contributed by atoms with E-state index in [1.807, 2.05) is 0 Å². The van der Waals surface area contributed by atoms with E-state index in [4.69, 9.17) is 16.3 Å². The molecular formula is C15H23ClN4O. The van der Waals surface area contributed by atoms with E-state index < -0.39 is 0 Å². The smallest absolute Gasteiger partial charge is 0.322 e. The van der Waals surface area contributed by atoms with E-state index in [0.717, 1.165) is 31.8 Å². The lowest BCUT2D eigenvalue weighted by atomic mass is 9.80. The van der Waals surface area contributed by atoms with E-state index in [0.29, 0.717) is 17.9 Å². The largest absolute Gasteiger partial charge is 0.460 e. The lowest BCUT2D eigenvalue weighted by Crippen LogP contribution is -2.29. The highest BCUT2D eigenvalue weighted by atomic mass is 35.5. The number of hydrogen-bond acceptors (Lipinski definition) is 5. The summed E-state index contributed by atoms with van der Waals surface area (Å²) in [5, 5.41) is 0.221. The Bertz CT molecular complexity index is 493. The van der Waals surface area contributed by atoms with Crippen LogP contribution in [0, 0.1) is 11.8 Å². The second-order valence-corrected chi connectivity index (χ2v) is 6.73. The third-order valence-corrected chi connectivity index (χ3v) is 4.96. The molecule has 2 heterocycles. The summed E-state index contributed by atoms with van der Waals surface area (Å²) >= 11 is 6.03. The molecule has 1 aromatic rings. The summed E-state index contributed by atoms with van der Waals surface area (Å²) in [5.41, 5.74) is 0. The van der Waals surface area contributed by atoms with Crippen LogP contribution in [0.15, 0.2) is 0 Å². The Labute approximate surface area is 131 Å². The number of halogens is 1. The van der Waals surface area contributed by atoms with Gasteiger partial charge in [0.05, 0.1) is 0 Å². The van der Waals surface area contributed by atoms with Gasteiger partial charge < -0.3 is 9.64 Å². The summed E-state index contributed by atoms with van der Waals surface area (Å²) < 4.78 is 5.98. The molecule has 1 saturated heterocycles. The highest BCUT2D eigenvalue weighted by Gasteiger charge is 2.27. The van der Waals surface area contributed by atoms with Crippen molar-refractivity contribution < 1.29 is 4.74 Å². The monoisotopic (exact) mass is 310 g/mol. The van der Waals surface area contributed by atoms with E-state index in [1.165, 1.54) is 19.3 Å². The molecule has 1 aromatic heterocycles. The fraction of sp³-hybridized carbons (Fsp3) is 0.800. The van der Waals surface area contributed by atoms with E-state index in [1.54, 1.807) is 0 Å². The van der Waals surface area contributed by atoms with Crippen molar-refractivity contribution in [3.8, 4) is 6.01 Å². The zero-order valence-corrected chi connectivity index (χ0v) is 13.5. The van der Waals surface area contributed by atoms with Crippen LogP contribution < -0.4 is 9.64 Å². The number of rotatable bonds is 3. The SMILES string of the molecule is CC1CCC(Oc2nc(Cl)nc(N3CCCC3)n2)CC1C. The highest BCUT2D eigenvalue weighted by molar-refractivity contribution is 6.28. The van der Waals surface area contributed by atoms with Crippen LogP contribution in [0.2, 0.25) is 5.28 Å². The van der Waals surface area contributed by atoms with Crippen molar-refractivity contribution in [2.24, 2.45) is 11.8 Å². The summed E-state index contributed by atoms with van der Waals surface area (Å²) in [6, 6.07) is 0.378. The standard InChI is InChI=1S/C15H23ClN4O/c1-10-5-6-12(9-11(10)2)21-15-18-13(16)17-14(19-15)20-7-3-4-8-20/h10-12H,3-9H2,1-2H3. The third kappa shape index (κ3) is 3.57. The zero-order chi connectivity index (χ0) is 14.8. The molecule has 0 spiro atoms. The van der Waals surface area contributed by atoms with Crippen molar-refractivity contribution in [1.29, 1.82) is 0 Å². The van der Waals surface area contributed by atoms with Crippen molar-refractivity contribution in [2.45, 2.75) is 52.1 Å². The van der Waals surface area contributed by atoms with Gasteiger partial charge in [-0.3, -0.25) is 0 Å². The summed E-state index contributed by atoms with van der Waals surface area (Å²) in [7, 11) is 0. The van der Waals surface area contributed by atoms with Gasteiger partial charge in [0.1, 0.15) is 6.10 Å². The summed E-state index contributed by atoms with van der Waals surface area (Å²) in [4.78, 5) is 15.0. The van der Waals surface area contributed by atoms with E-state index in [-0.39, 0.29) is 11.4 Å². The second-order valence-electron chi connectivity index (χ2n) is 6.39. The molecule has 2 fully saturated rings. The van der Waals surface area contributed by atoms with Crippen LogP contribution in [-0.2, 0) is 0 Å². The molecule has 116 valence electrons. The molecular weight excluding hydrogens is 288 g/mol. The summed E-state index contributed by atoms with van der Waals surface area (Å²) in [6.45, 7) is 6.57. The fourth-order valence-corrected chi connectivity index (χ4v) is 3.34. The van der Waals surface area contributed by atoms with Gasteiger partial charge in [-0.1, -0.05) is 13.8 Å². The number of nitrogens with zero attached hydrogens (tertiary/aromatic N) is 4. The first-order valence-electron chi connectivity index (χ1n) is 7.95. The molecule has 21 heavy (non-hydrogen) atoms. The summed E-state index contributed by atoms with van der Waals surface area (Å²) in [6.07, 6.45) is 5.87. The van der Waals surface area contributed by atoms with Gasteiger partial charge in [0.15, 0.2) is 0 Å². The lowest BCUT2D eigenvalue weighted by Gasteiger charge is -2.31. The average molecular weight is 311 g/mol. The third-order valence-electron chi connectivity index (χ3n) is 4.79. The molecule has 3 rings (SSSR count). The molecule has 0 aromatic carbocycles. The first-order chi connectivity index (χ1) is 10.1. The predicted octanol–water partition coefficient (Wildman–Crippen LogP) is 3.33. The Hall–Kier alpha value is -1.10. The average Bonchev–Trinajstić information content (AvgIpc) is 2.96. The van der Waals surface area contributed by atoms with Gasteiger partial charge in [0.25, 0.3) is 0 Å². The van der Waals surface area contributed by atoms with Crippen LogP contribution in [0.4, 0.5) is 5.95 Å². The van der Waals surface area contributed by atoms with Gasteiger partial charge >= 0.3 is 6.01 Å². The van der Waals surface area contributed by atoms with Gasteiger partial charge in [-0.15, -0.1) is 0 Å². The highest BCUT2D eigenvalue weighted by Crippen LogP contribution is 2.31. The van der Waals surface area contributed by atoms with Crippen LogP contribution >= 0.6 is 11.6 Å². The Kier molecular flexibility index (Phi) is 4.48. The molecule has 3 atom stereocenters. The maximum atomic E-state index is 6.03. The molecule has 1 aliphatic carbocycles. The topological polar surface area (TPSA) is 51.1 Å². The number of aromatic nitrogens is 3. The van der Waals surface area contributed by atoms with E-state index in [9.17, 15) is 0 Å². The first kappa shape index (κ1) is 14.8. The van der Waals surface area contributed by atoms with Crippen LogP contribution in [0.1, 0.15) is 46.0 Å². The molecule has 3 unspecified atom stereocenters. The summed E-state index contributed by atoms with van der Waals surface area (Å²) in [5.74, 6) is 2.10. The number of hydrogen-bond donors (Lipinski definition) is 0. The Morgan fingerprint density at radius 3 is 2.52 bits per heavy atom. The molecule has 1 saturated carbocycles. The van der Waals surface area contributed by atoms with E-state index >= 15 is 0 Å². The predicted molar refractivity (Wildman–Crippen MR) is 82.9 cm³/mol. The molecule has 0 amide bonds. The Morgan fingerprint density at radius 2 is 1.81 bits per heavy atom. The second kappa shape index (κ2) is 6.34. The van der Waals surface area contributed by atoms with Crippen LogP contribution in [0.3, 0.4) is 0 Å². The normalized spacial score (nSPS) is 29.7. The van der Waals surface area contributed by atoms with E-state index in [2.05, 4.69) is 33.7 Å². The van der Waals surface area contributed by atoms with Crippen molar-refractivity contribution in [1.82, 2.24) is 15.0 Å². The molecule has 0 bridgehead atoms. The maximum Gasteiger partial charge on any atom is 0.322 e. The maximum absolute atomic E-state index is 6.03. The quantitative estimate of drug-likeness (QED) is 0.857. The number of ether oxygens (including phenoxy) is 1. The Balaban J connectivity index is 1.70. The molecule has 5 nitrogen and oxygen atoms in total. The number of anilines is 1.